The third-order valence-corrected chi connectivity index (χ3v) is 4.59. The van der Waals surface area contributed by atoms with Crippen LogP contribution in [0, 0.1) is 11.3 Å². The van der Waals surface area contributed by atoms with E-state index in [2.05, 4.69) is 19.2 Å². The van der Waals surface area contributed by atoms with Crippen LogP contribution in [0.5, 0.6) is 0 Å². The van der Waals surface area contributed by atoms with Crippen LogP contribution in [0.3, 0.4) is 0 Å². The van der Waals surface area contributed by atoms with Crippen LogP contribution in [-0.4, -0.2) is 18.0 Å². The summed E-state index contributed by atoms with van der Waals surface area (Å²) < 4.78 is 0. The maximum atomic E-state index is 12.0. The first-order valence-electron chi connectivity index (χ1n) is 6.61. The second-order valence-corrected chi connectivity index (χ2v) is 5.88. The summed E-state index contributed by atoms with van der Waals surface area (Å²) >= 11 is 0. The second kappa shape index (κ2) is 5.57. The van der Waals surface area contributed by atoms with Crippen molar-refractivity contribution in [2.75, 3.05) is 0 Å². The number of carbonyl (C=O) groups excluding carboxylic acids is 1. The van der Waals surface area contributed by atoms with Crippen molar-refractivity contribution in [3.63, 3.8) is 0 Å². The van der Waals surface area contributed by atoms with E-state index >= 15 is 0 Å². The molecule has 0 saturated heterocycles. The molecule has 0 spiro atoms. The van der Waals surface area contributed by atoms with Gasteiger partial charge in [-0.25, -0.2) is 0 Å². The van der Waals surface area contributed by atoms with E-state index in [1.165, 1.54) is 0 Å². The van der Waals surface area contributed by atoms with Gasteiger partial charge in [0.2, 0.25) is 5.91 Å². The molecule has 0 aliphatic heterocycles. The van der Waals surface area contributed by atoms with Crippen LogP contribution in [0.4, 0.5) is 0 Å². The van der Waals surface area contributed by atoms with Gasteiger partial charge in [-0.05, 0) is 43.9 Å². The monoisotopic (exact) mass is 260 g/mol. The molecule has 2 aliphatic rings. The quantitative estimate of drug-likeness (QED) is 0.818. The van der Waals surface area contributed by atoms with Crippen molar-refractivity contribution in [3.8, 4) is 0 Å². The Kier molecular flexibility index (Phi) is 4.85. The van der Waals surface area contributed by atoms with E-state index < -0.39 is 0 Å². The van der Waals surface area contributed by atoms with Gasteiger partial charge in [-0.3, -0.25) is 4.79 Å². The van der Waals surface area contributed by atoms with Gasteiger partial charge in [0, 0.05) is 18.0 Å². The lowest BCUT2D eigenvalue weighted by Gasteiger charge is -2.27. The Morgan fingerprint density at radius 2 is 1.94 bits per heavy atom. The minimum Gasteiger partial charge on any atom is -0.353 e. The molecule has 17 heavy (non-hydrogen) atoms. The fraction of sp³-hybridized carbons (Fsp3) is 0.923. The fourth-order valence-corrected chi connectivity index (χ4v) is 2.77. The van der Waals surface area contributed by atoms with E-state index in [4.69, 9.17) is 5.73 Å². The molecule has 0 bridgehead atoms. The smallest absolute Gasteiger partial charge is 0.223 e. The highest BCUT2D eigenvalue weighted by atomic mass is 35.5. The summed E-state index contributed by atoms with van der Waals surface area (Å²) in [6, 6.07) is 0.740. The molecular weight excluding hydrogens is 236 g/mol. The number of rotatable bonds is 3. The molecule has 0 radical (unpaired) electrons. The van der Waals surface area contributed by atoms with Crippen LogP contribution in [0.2, 0.25) is 0 Å². The average Bonchev–Trinajstić information content (AvgIpc) is 2.95. The lowest BCUT2D eigenvalue weighted by molar-refractivity contribution is -0.124. The predicted octanol–water partition coefficient (Wildman–Crippen LogP) is 2.23. The van der Waals surface area contributed by atoms with Crippen LogP contribution in [0.15, 0.2) is 0 Å². The number of carbonyl (C=O) groups is 1. The van der Waals surface area contributed by atoms with Gasteiger partial charge in [-0.1, -0.05) is 13.8 Å². The fourth-order valence-electron chi connectivity index (χ4n) is 2.77. The maximum Gasteiger partial charge on any atom is 0.223 e. The minimum absolute atomic E-state index is 0. The van der Waals surface area contributed by atoms with Crippen molar-refractivity contribution < 1.29 is 4.79 Å². The zero-order valence-electron chi connectivity index (χ0n) is 10.9. The Hall–Kier alpha value is -0.280. The second-order valence-electron chi connectivity index (χ2n) is 5.88. The van der Waals surface area contributed by atoms with Gasteiger partial charge in [0.25, 0.3) is 0 Å². The SMILES string of the molecule is CCC1(C)CC1C(=O)NC1CCC(N)CC1.Cl. The molecule has 2 atom stereocenters. The molecule has 100 valence electrons. The van der Waals surface area contributed by atoms with Gasteiger partial charge in [0.05, 0.1) is 0 Å². The third-order valence-electron chi connectivity index (χ3n) is 4.59. The third kappa shape index (κ3) is 3.35. The first-order valence-corrected chi connectivity index (χ1v) is 6.61. The zero-order chi connectivity index (χ0) is 11.8. The van der Waals surface area contributed by atoms with Gasteiger partial charge in [-0.15, -0.1) is 12.4 Å². The van der Waals surface area contributed by atoms with Crippen LogP contribution in [-0.2, 0) is 4.79 Å². The lowest BCUT2D eigenvalue weighted by atomic mass is 9.91. The van der Waals surface area contributed by atoms with E-state index in [0.29, 0.717) is 12.1 Å². The highest BCUT2D eigenvalue weighted by Crippen LogP contribution is 2.54. The summed E-state index contributed by atoms with van der Waals surface area (Å²) in [6.07, 6.45) is 6.41. The van der Waals surface area contributed by atoms with Crippen LogP contribution in [0.25, 0.3) is 0 Å². The lowest BCUT2D eigenvalue weighted by Crippen LogP contribution is -2.41. The molecule has 2 saturated carbocycles. The van der Waals surface area contributed by atoms with Crippen molar-refractivity contribution in [3.05, 3.63) is 0 Å². The molecule has 0 aromatic carbocycles. The Morgan fingerprint density at radius 3 is 2.41 bits per heavy atom. The van der Waals surface area contributed by atoms with Crippen molar-refractivity contribution in [2.45, 2.75) is 64.5 Å². The highest BCUT2D eigenvalue weighted by molar-refractivity contribution is 5.85. The molecule has 3 nitrogen and oxygen atoms in total. The van der Waals surface area contributed by atoms with Crippen molar-refractivity contribution >= 4 is 18.3 Å². The summed E-state index contributed by atoms with van der Waals surface area (Å²) in [4.78, 5) is 12.0. The number of nitrogens with one attached hydrogen (secondary N) is 1. The molecule has 0 aromatic heterocycles. The summed E-state index contributed by atoms with van der Waals surface area (Å²) in [5.74, 6) is 0.554. The van der Waals surface area contributed by atoms with Gasteiger partial charge in [0.15, 0.2) is 0 Å². The molecule has 2 rings (SSSR count). The summed E-state index contributed by atoms with van der Waals surface area (Å²) in [5.41, 5.74) is 6.14. The van der Waals surface area contributed by atoms with E-state index in [-0.39, 0.29) is 29.6 Å². The summed E-state index contributed by atoms with van der Waals surface area (Å²) in [6.45, 7) is 4.39. The van der Waals surface area contributed by atoms with E-state index in [1.807, 2.05) is 0 Å². The average molecular weight is 261 g/mol. The van der Waals surface area contributed by atoms with Gasteiger partial charge in [-0.2, -0.15) is 0 Å². The van der Waals surface area contributed by atoms with Crippen LogP contribution in [0.1, 0.15) is 52.4 Å². The zero-order valence-corrected chi connectivity index (χ0v) is 11.7. The Balaban J connectivity index is 0.00000144. The number of halogens is 1. The summed E-state index contributed by atoms with van der Waals surface area (Å²) in [7, 11) is 0. The number of hydrogen-bond donors (Lipinski definition) is 2. The molecule has 2 fully saturated rings. The van der Waals surface area contributed by atoms with E-state index in [1.54, 1.807) is 0 Å². The molecule has 1 amide bonds. The van der Waals surface area contributed by atoms with Gasteiger partial charge >= 0.3 is 0 Å². The largest absolute Gasteiger partial charge is 0.353 e. The maximum absolute atomic E-state index is 12.0. The van der Waals surface area contributed by atoms with Crippen molar-refractivity contribution in [2.24, 2.45) is 17.1 Å². The molecule has 3 N–H and O–H groups in total. The molecule has 0 aromatic rings. The number of amides is 1. The molecule has 4 heteroatoms. The Morgan fingerprint density at radius 1 is 1.35 bits per heavy atom. The molecule has 2 aliphatic carbocycles. The Bertz CT molecular complexity index is 277. The van der Waals surface area contributed by atoms with E-state index in [9.17, 15) is 4.79 Å². The first kappa shape index (κ1) is 14.8. The number of nitrogens with two attached hydrogens (primary N) is 1. The normalized spacial score (nSPS) is 40.3. The number of hydrogen-bond acceptors (Lipinski definition) is 2. The molecule has 0 heterocycles. The van der Waals surface area contributed by atoms with Crippen molar-refractivity contribution in [1.82, 2.24) is 5.32 Å². The molecule has 2 unspecified atom stereocenters. The predicted molar refractivity (Wildman–Crippen MR) is 72.1 cm³/mol. The summed E-state index contributed by atoms with van der Waals surface area (Å²) in [5, 5.41) is 3.20. The van der Waals surface area contributed by atoms with E-state index in [0.717, 1.165) is 38.5 Å². The molecular formula is C13H25ClN2O. The van der Waals surface area contributed by atoms with Crippen molar-refractivity contribution in [1.29, 1.82) is 0 Å². The Labute approximate surface area is 110 Å². The highest BCUT2D eigenvalue weighted by Gasteiger charge is 2.53. The van der Waals surface area contributed by atoms with Crippen LogP contribution >= 0.6 is 12.4 Å². The van der Waals surface area contributed by atoms with Gasteiger partial charge < -0.3 is 11.1 Å². The first-order chi connectivity index (χ1) is 7.55. The minimum atomic E-state index is 0. The standard InChI is InChI=1S/C13H24N2O.ClH/c1-3-13(2)8-11(13)12(16)15-10-6-4-9(14)5-7-10;/h9-11H,3-8,14H2,1-2H3,(H,15,16);1H. The topological polar surface area (TPSA) is 55.1 Å². The van der Waals surface area contributed by atoms with Gasteiger partial charge in [0.1, 0.15) is 0 Å². The van der Waals surface area contributed by atoms with Crippen LogP contribution < -0.4 is 11.1 Å².